The lowest BCUT2D eigenvalue weighted by Gasteiger charge is -2.26. The first kappa shape index (κ1) is 15.8. The van der Waals surface area contributed by atoms with Gasteiger partial charge in [0.1, 0.15) is 0 Å². The van der Waals surface area contributed by atoms with Crippen LogP contribution in [0.15, 0.2) is 18.2 Å². The van der Waals surface area contributed by atoms with Gasteiger partial charge in [-0.05, 0) is 39.3 Å². The van der Waals surface area contributed by atoms with Gasteiger partial charge in [-0.2, -0.15) is 0 Å². The maximum Gasteiger partial charge on any atom is 0.162 e. The number of hydrogen-bond donors (Lipinski definition) is 1. The number of hydrogen-bond acceptors (Lipinski definition) is 3. The third-order valence-electron chi connectivity index (χ3n) is 3.37. The van der Waals surface area contributed by atoms with E-state index in [1.165, 1.54) is 0 Å². The zero-order valence-electron chi connectivity index (χ0n) is 12.8. The molecule has 108 valence electrons. The van der Waals surface area contributed by atoms with E-state index in [9.17, 15) is 5.11 Å². The number of para-hydroxylation sites is 1. The Labute approximate surface area is 117 Å². The van der Waals surface area contributed by atoms with Crippen molar-refractivity contribution in [2.45, 2.75) is 46.7 Å². The molecular weight excluding hydrogens is 238 g/mol. The summed E-state index contributed by atoms with van der Waals surface area (Å²) in [4.78, 5) is 2.27. The predicted molar refractivity (Wildman–Crippen MR) is 79.7 cm³/mol. The Morgan fingerprint density at radius 1 is 1.26 bits per heavy atom. The van der Waals surface area contributed by atoms with Crippen LogP contribution >= 0.6 is 0 Å². The maximum absolute atomic E-state index is 10.2. The molecule has 19 heavy (non-hydrogen) atoms. The second-order valence-electron chi connectivity index (χ2n) is 5.59. The summed E-state index contributed by atoms with van der Waals surface area (Å²) in [6.07, 6.45) is 1.16. The molecule has 0 heterocycles. The molecule has 1 rings (SSSR count). The molecule has 0 saturated heterocycles. The highest BCUT2D eigenvalue weighted by atomic mass is 16.5. The number of rotatable bonds is 7. The lowest BCUT2D eigenvalue weighted by Crippen LogP contribution is -2.29. The van der Waals surface area contributed by atoms with E-state index in [1.807, 2.05) is 19.1 Å². The Kier molecular flexibility index (Phi) is 6.16. The third-order valence-corrected chi connectivity index (χ3v) is 3.37. The van der Waals surface area contributed by atoms with Gasteiger partial charge in [-0.1, -0.05) is 26.0 Å². The minimum absolute atomic E-state index is 0.271. The molecular formula is C16H27NO2. The Morgan fingerprint density at radius 2 is 1.95 bits per heavy atom. The summed E-state index contributed by atoms with van der Waals surface area (Å²) in [5, 5.41) is 10.2. The highest BCUT2D eigenvalue weighted by Crippen LogP contribution is 2.30. The van der Waals surface area contributed by atoms with Crippen LogP contribution < -0.4 is 4.74 Å². The first-order chi connectivity index (χ1) is 8.95. The van der Waals surface area contributed by atoms with E-state index in [2.05, 4.69) is 32.7 Å². The van der Waals surface area contributed by atoms with Crippen molar-refractivity contribution in [2.24, 2.45) is 5.92 Å². The molecule has 0 amide bonds. The van der Waals surface area contributed by atoms with Crippen LogP contribution in [0.1, 0.15) is 39.7 Å². The fraction of sp³-hybridized carbons (Fsp3) is 0.625. The lowest BCUT2D eigenvalue weighted by atomic mass is 10.0. The van der Waals surface area contributed by atoms with E-state index in [0.717, 1.165) is 18.5 Å². The van der Waals surface area contributed by atoms with Crippen molar-refractivity contribution >= 4 is 0 Å². The van der Waals surface area contributed by atoms with Crippen molar-refractivity contribution in [2.75, 3.05) is 13.7 Å². The number of ether oxygens (including phenoxy) is 1. The highest BCUT2D eigenvalue weighted by Gasteiger charge is 2.14. The third kappa shape index (κ3) is 4.75. The molecule has 0 aliphatic rings. The minimum atomic E-state index is 0.271. The zero-order chi connectivity index (χ0) is 14.4. The summed E-state index contributed by atoms with van der Waals surface area (Å²) in [5.41, 5.74) is 0.920. The molecule has 3 nitrogen and oxygen atoms in total. The van der Waals surface area contributed by atoms with Crippen LogP contribution in [-0.2, 0) is 6.54 Å². The largest absolute Gasteiger partial charge is 0.504 e. The second kappa shape index (κ2) is 7.39. The first-order valence-corrected chi connectivity index (χ1v) is 7.09. The smallest absolute Gasteiger partial charge is 0.162 e. The zero-order valence-corrected chi connectivity index (χ0v) is 12.8. The van der Waals surface area contributed by atoms with E-state index in [-0.39, 0.29) is 5.75 Å². The molecule has 0 bridgehead atoms. The van der Waals surface area contributed by atoms with Crippen molar-refractivity contribution < 1.29 is 9.84 Å². The number of aromatic hydroxyl groups is 1. The van der Waals surface area contributed by atoms with Crippen LogP contribution in [0.4, 0.5) is 0 Å². The highest BCUT2D eigenvalue weighted by molar-refractivity contribution is 5.45. The normalized spacial score (nSPS) is 13.0. The van der Waals surface area contributed by atoms with E-state index in [1.54, 1.807) is 6.07 Å². The van der Waals surface area contributed by atoms with E-state index >= 15 is 0 Å². The van der Waals surface area contributed by atoms with Crippen LogP contribution in [0, 0.1) is 5.92 Å². The van der Waals surface area contributed by atoms with Gasteiger partial charge >= 0.3 is 0 Å². The molecule has 0 aliphatic heterocycles. The van der Waals surface area contributed by atoms with Crippen LogP contribution in [-0.4, -0.2) is 29.7 Å². The van der Waals surface area contributed by atoms with E-state index in [4.69, 9.17) is 4.74 Å². The molecule has 0 spiro atoms. The van der Waals surface area contributed by atoms with E-state index in [0.29, 0.717) is 24.3 Å². The summed E-state index contributed by atoms with van der Waals surface area (Å²) in [6, 6.07) is 6.19. The summed E-state index contributed by atoms with van der Waals surface area (Å²) in [6.45, 7) is 9.92. The van der Waals surface area contributed by atoms with E-state index < -0.39 is 0 Å². The summed E-state index contributed by atoms with van der Waals surface area (Å²) in [5.74, 6) is 1.53. The molecule has 1 aromatic carbocycles. The van der Waals surface area contributed by atoms with Gasteiger partial charge in [0.05, 0.1) is 6.61 Å². The molecule has 1 atom stereocenters. The number of nitrogens with zero attached hydrogens (tertiary/aromatic N) is 1. The molecule has 0 radical (unpaired) electrons. The van der Waals surface area contributed by atoms with Crippen LogP contribution in [0.25, 0.3) is 0 Å². The van der Waals surface area contributed by atoms with Gasteiger partial charge in [0.2, 0.25) is 0 Å². The maximum atomic E-state index is 10.2. The second-order valence-corrected chi connectivity index (χ2v) is 5.59. The Bertz CT molecular complexity index is 390. The fourth-order valence-corrected chi connectivity index (χ4v) is 2.25. The molecule has 0 aliphatic carbocycles. The fourth-order valence-electron chi connectivity index (χ4n) is 2.25. The van der Waals surface area contributed by atoms with Gasteiger partial charge in [0.15, 0.2) is 11.5 Å². The lowest BCUT2D eigenvalue weighted by molar-refractivity contribution is 0.217. The van der Waals surface area contributed by atoms with Gasteiger partial charge in [0.25, 0.3) is 0 Å². The monoisotopic (exact) mass is 265 g/mol. The van der Waals surface area contributed by atoms with Gasteiger partial charge < -0.3 is 9.84 Å². The van der Waals surface area contributed by atoms with Gasteiger partial charge in [-0.3, -0.25) is 4.90 Å². The van der Waals surface area contributed by atoms with Crippen LogP contribution in [0.5, 0.6) is 11.5 Å². The molecule has 1 unspecified atom stereocenters. The summed E-state index contributed by atoms with van der Waals surface area (Å²) in [7, 11) is 2.10. The summed E-state index contributed by atoms with van der Waals surface area (Å²) >= 11 is 0. The minimum Gasteiger partial charge on any atom is -0.504 e. The molecule has 0 aromatic heterocycles. The van der Waals surface area contributed by atoms with Gasteiger partial charge in [0, 0.05) is 18.2 Å². The molecule has 1 N–H and O–H groups in total. The standard InChI is InChI=1S/C16H27NO2/c1-6-19-15-9-7-8-14(16(15)18)11-17(5)13(4)10-12(2)3/h7-9,12-13,18H,6,10-11H2,1-5H3. The number of phenols is 1. The average Bonchev–Trinajstić information content (AvgIpc) is 2.33. The van der Waals surface area contributed by atoms with Crippen molar-refractivity contribution in [1.29, 1.82) is 0 Å². The predicted octanol–water partition coefficient (Wildman–Crippen LogP) is 3.66. The Morgan fingerprint density at radius 3 is 2.53 bits per heavy atom. The average molecular weight is 265 g/mol. The summed E-state index contributed by atoms with van der Waals surface area (Å²) < 4.78 is 5.42. The molecule has 1 aromatic rings. The Hall–Kier alpha value is -1.22. The quantitative estimate of drug-likeness (QED) is 0.816. The van der Waals surface area contributed by atoms with Crippen molar-refractivity contribution in [3.8, 4) is 11.5 Å². The topological polar surface area (TPSA) is 32.7 Å². The Balaban J connectivity index is 2.73. The van der Waals surface area contributed by atoms with Gasteiger partial charge in [-0.25, -0.2) is 0 Å². The number of phenolic OH excluding ortho intramolecular Hbond substituents is 1. The SMILES string of the molecule is CCOc1cccc(CN(C)C(C)CC(C)C)c1O. The first-order valence-electron chi connectivity index (χ1n) is 7.09. The van der Waals surface area contributed by atoms with Crippen LogP contribution in [0.3, 0.4) is 0 Å². The number of benzene rings is 1. The van der Waals surface area contributed by atoms with Gasteiger partial charge in [-0.15, -0.1) is 0 Å². The van der Waals surface area contributed by atoms with Crippen molar-refractivity contribution in [3.63, 3.8) is 0 Å². The van der Waals surface area contributed by atoms with Crippen LogP contribution in [0.2, 0.25) is 0 Å². The molecule has 3 heteroatoms. The van der Waals surface area contributed by atoms with Crippen molar-refractivity contribution in [3.05, 3.63) is 23.8 Å². The molecule has 0 saturated carbocycles. The van der Waals surface area contributed by atoms with Crippen molar-refractivity contribution in [1.82, 2.24) is 4.90 Å². The molecule has 0 fully saturated rings.